The summed E-state index contributed by atoms with van der Waals surface area (Å²) in [6, 6.07) is 0. The average Bonchev–Trinajstić information content (AvgIpc) is 1.76. The van der Waals surface area contributed by atoms with E-state index >= 15 is 0 Å². The second-order valence-electron chi connectivity index (χ2n) is 0.595. The Morgan fingerprint density at radius 1 is 1.80 bits per heavy atom. The maximum absolute atomic E-state index is 4.35. The minimum atomic E-state index is 0.639. The van der Waals surface area contributed by atoms with E-state index in [4.69, 9.17) is 0 Å². The summed E-state index contributed by atoms with van der Waals surface area (Å²) >= 11 is 1.50. The molecule has 1 radical (unpaired) electrons. The Morgan fingerprint density at radius 2 is 2.80 bits per heavy atom. The van der Waals surface area contributed by atoms with Crippen LogP contribution >= 0.6 is 11.8 Å². The first-order valence-corrected chi connectivity index (χ1v) is 2.26. The van der Waals surface area contributed by atoms with Crippen LogP contribution in [0.5, 0.6) is 0 Å². The van der Waals surface area contributed by atoms with Gasteiger partial charge in [0.25, 0.3) is 0 Å². The Labute approximate surface area is 34.4 Å². The molecule has 0 aromatic carbocycles. The van der Waals surface area contributed by atoms with Crippen molar-refractivity contribution in [1.82, 2.24) is 0 Å². The molecule has 29 valence electrons. The molecule has 0 aliphatic carbocycles. The Hall–Kier alpha value is 0.270. The van der Waals surface area contributed by atoms with E-state index in [1.54, 1.807) is 5.94 Å². The summed E-state index contributed by atoms with van der Waals surface area (Å²) in [7, 11) is 0. The van der Waals surface area contributed by atoms with E-state index < -0.39 is 0 Å². The van der Waals surface area contributed by atoms with Crippen molar-refractivity contribution in [3.05, 3.63) is 5.94 Å². The molecule has 0 saturated carbocycles. The quantitative estimate of drug-likeness (QED) is 0.410. The second kappa shape index (κ2) is 1.64. The third-order valence-corrected chi connectivity index (χ3v) is 0.738. The third kappa shape index (κ3) is 0.792. The first-order chi connectivity index (χ1) is 2.50. The number of thioether (sulfide) groups is 1. The van der Waals surface area contributed by atoms with Crippen molar-refractivity contribution in [2.75, 3.05) is 5.94 Å². The molecule has 1 aliphatic rings. The SMILES string of the molecule is [CH]1OOCS1. The predicted molar refractivity (Wildman–Crippen MR) is 18.9 cm³/mol. The number of hydrogen-bond donors (Lipinski definition) is 0. The topological polar surface area (TPSA) is 18.5 Å². The highest BCUT2D eigenvalue weighted by atomic mass is 32.2. The van der Waals surface area contributed by atoms with E-state index in [0.717, 1.165) is 0 Å². The van der Waals surface area contributed by atoms with Gasteiger partial charge in [0.05, 0.1) is 0 Å². The molecule has 1 aliphatic heterocycles. The number of rotatable bonds is 0. The first kappa shape index (κ1) is 3.46. The molecule has 0 atom stereocenters. The van der Waals surface area contributed by atoms with Crippen LogP contribution in [0.25, 0.3) is 0 Å². The Bertz CT molecular complexity index is 19.2. The normalized spacial score (nSPS) is 24.0. The zero-order chi connectivity index (χ0) is 3.54. The summed E-state index contributed by atoms with van der Waals surface area (Å²) in [5, 5.41) is 0. The van der Waals surface area contributed by atoms with Gasteiger partial charge in [-0.25, -0.2) is 9.78 Å². The summed E-state index contributed by atoms with van der Waals surface area (Å²) in [5.41, 5.74) is 0. The summed E-state index contributed by atoms with van der Waals surface area (Å²) < 4.78 is 0. The highest BCUT2D eigenvalue weighted by Gasteiger charge is 1.97. The van der Waals surface area contributed by atoms with E-state index in [9.17, 15) is 0 Å². The van der Waals surface area contributed by atoms with Crippen LogP contribution in [0.3, 0.4) is 0 Å². The van der Waals surface area contributed by atoms with Crippen LogP contribution in [0, 0.1) is 5.94 Å². The van der Waals surface area contributed by atoms with E-state index in [-0.39, 0.29) is 0 Å². The van der Waals surface area contributed by atoms with Gasteiger partial charge < -0.3 is 0 Å². The van der Waals surface area contributed by atoms with E-state index in [2.05, 4.69) is 9.78 Å². The monoisotopic (exact) mass is 91.0 g/mol. The Kier molecular flexibility index (Phi) is 1.14. The van der Waals surface area contributed by atoms with Crippen molar-refractivity contribution in [1.29, 1.82) is 0 Å². The fraction of sp³-hybridized carbons (Fsp3) is 0.500. The van der Waals surface area contributed by atoms with E-state index in [0.29, 0.717) is 5.94 Å². The highest BCUT2D eigenvalue weighted by molar-refractivity contribution is 8.01. The molecular weight excluding hydrogens is 88.1 g/mol. The highest BCUT2D eigenvalue weighted by Crippen LogP contribution is 2.13. The maximum Gasteiger partial charge on any atom is 0.179 e. The van der Waals surface area contributed by atoms with Crippen molar-refractivity contribution in [3.63, 3.8) is 0 Å². The van der Waals surface area contributed by atoms with Crippen molar-refractivity contribution >= 4 is 11.8 Å². The van der Waals surface area contributed by atoms with Gasteiger partial charge in [-0.2, -0.15) is 0 Å². The average molecular weight is 91.1 g/mol. The van der Waals surface area contributed by atoms with Gasteiger partial charge in [0.2, 0.25) is 0 Å². The van der Waals surface area contributed by atoms with Crippen LogP contribution in [-0.2, 0) is 9.78 Å². The van der Waals surface area contributed by atoms with Crippen molar-refractivity contribution < 1.29 is 9.78 Å². The second-order valence-corrected chi connectivity index (χ2v) is 1.36. The molecule has 0 amide bonds. The zero-order valence-corrected chi connectivity index (χ0v) is 3.33. The van der Waals surface area contributed by atoms with Crippen molar-refractivity contribution in [2.45, 2.75) is 0 Å². The summed E-state index contributed by atoms with van der Waals surface area (Å²) in [5.74, 6) is 2.19. The molecular formula is C2H3O2S. The van der Waals surface area contributed by atoms with Crippen LogP contribution in [-0.4, -0.2) is 5.94 Å². The fourth-order valence-corrected chi connectivity index (χ4v) is 0.417. The molecule has 2 nitrogen and oxygen atoms in total. The lowest BCUT2D eigenvalue weighted by Crippen LogP contribution is -1.70. The van der Waals surface area contributed by atoms with Gasteiger partial charge in [-0.1, -0.05) is 11.8 Å². The lowest BCUT2D eigenvalue weighted by molar-refractivity contribution is -0.227. The van der Waals surface area contributed by atoms with Crippen molar-refractivity contribution in [3.8, 4) is 0 Å². The molecule has 1 saturated heterocycles. The molecule has 0 bridgehead atoms. The minimum Gasteiger partial charge on any atom is -0.224 e. The Balaban J connectivity index is 2.08. The van der Waals surface area contributed by atoms with Gasteiger partial charge in [0.1, 0.15) is 5.94 Å². The van der Waals surface area contributed by atoms with Gasteiger partial charge in [-0.05, 0) is 0 Å². The molecule has 0 spiro atoms. The van der Waals surface area contributed by atoms with Gasteiger partial charge in [-0.3, -0.25) is 0 Å². The molecule has 1 heterocycles. The van der Waals surface area contributed by atoms with Gasteiger partial charge >= 0.3 is 0 Å². The van der Waals surface area contributed by atoms with Crippen LogP contribution < -0.4 is 0 Å². The molecule has 0 unspecified atom stereocenters. The molecule has 0 aromatic heterocycles. The molecule has 1 rings (SSSR count). The standard InChI is InChI=1S/C2H3O2S/c1-3-4-2-5-1/h1H,2H2. The molecule has 3 heteroatoms. The van der Waals surface area contributed by atoms with E-state index in [1.807, 2.05) is 0 Å². The van der Waals surface area contributed by atoms with Crippen LogP contribution in [0.4, 0.5) is 0 Å². The van der Waals surface area contributed by atoms with Crippen molar-refractivity contribution in [2.24, 2.45) is 0 Å². The summed E-state index contributed by atoms with van der Waals surface area (Å²) in [6.07, 6.45) is 0. The lowest BCUT2D eigenvalue weighted by Gasteiger charge is -1.75. The third-order valence-electron chi connectivity index (χ3n) is 0.292. The van der Waals surface area contributed by atoms with Crippen LogP contribution in [0.15, 0.2) is 0 Å². The largest absolute Gasteiger partial charge is 0.224 e. The van der Waals surface area contributed by atoms with Crippen LogP contribution in [0.1, 0.15) is 0 Å². The number of hydrogen-bond acceptors (Lipinski definition) is 3. The molecule has 0 aromatic rings. The van der Waals surface area contributed by atoms with Crippen LogP contribution in [0.2, 0.25) is 0 Å². The summed E-state index contributed by atoms with van der Waals surface area (Å²) in [6.45, 7) is 0. The fourth-order valence-electron chi connectivity index (χ4n) is 0.139. The van der Waals surface area contributed by atoms with E-state index in [1.165, 1.54) is 11.8 Å². The lowest BCUT2D eigenvalue weighted by atomic mass is 11.7. The summed E-state index contributed by atoms with van der Waals surface area (Å²) in [4.78, 5) is 8.63. The molecule has 0 N–H and O–H groups in total. The van der Waals surface area contributed by atoms with Gasteiger partial charge in [0, 0.05) is 0 Å². The zero-order valence-electron chi connectivity index (χ0n) is 2.51. The molecule has 1 fully saturated rings. The first-order valence-electron chi connectivity index (χ1n) is 1.22. The predicted octanol–water partition coefficient (Wildman–Crippen LogP) is 0.758. The smallest absolute Gasteiger partial charge is 0.179 e. The molecule has 5 heavy (non-hydrogen) atoms. The van der Waals surface area contributed by atoms with Gasteiger partial charge in [-0.15, -0.1) is 0 Å². The minimum absolute atomic E-state index is 0.639. The maximum atomic E-state index is 4.35. The van der Waals surface area contributed by atoms with Gasteiger partial charge in [0.15, 0.2) is 5.94 Å². The Morgan fingerprint density at radius 3 is 3.00 bits per heavy atom.